The quantitative estimate of drug-likeness (QED) is 0.797. The van der Waals surface area contributed by atoms with Crippen molar-refractivity contribution >= 4 is 28.5 Å². The van der Waals surface area contributed by atoms with Crippen LogP contribution in [0.4, 0.5) is 0 Å². The fourth-order valence-corrected chi connectivity index (χ4v) is 2.58. The van der Waals surface area contributed by atoms with E-state index in [1.54, 1.807) is 0 Å². The molecule has 0 aliphatic carbocycles. The third-order valence-electron chi connectivity index (χ3n) is 3.06. The number of carbonyl (C=O) groups excluding carboxylic acids is 1. The first-order chi connectivity index (χ1) is 7.59. The maximum atomic E-state index is 12.2. The zero-order valence-electron chi connectivity index (χ0n) is 9.19. The van der Waals surface area contributed by atoms with Crippen LogP contribution in [-0.4, -0.2) is 29.9 Å². The molecule has 16 heavy (non-hydrogen) atoms. The van der Waals surface area contributed by atoms with Gasteiger partial charge in [0.2, 0.25) is 0 Å². The lowest BCUT2D eigenvalue weighted by Crippen LogP contribution is -2.32. The zero-order chi connectivity index (χ0) is 11.7. The van der Waals surface area contributed by atoms with Crippen LogP contribution >= 0.6 is 22.6 Å². The molecule has 1 amide bonds. The molecule has 86 valence electrons. The van der Waals surface area contributed by atoms with Gasteiger partial charge in [-0.25, -0.2) is 0 Å². The summed E-state index contributed by atoms with van der Waals surface area (Å²) in [5.74, 6) is 0.495. The largest absolute Gasteiger partial charge is 0.337 e. The van der Waals surface area contributed by atoms with Gasteiger partial charge in [0.05, 0.1) is 5.56 Å². The molecule has 0 saturated carbocycles. The second-order valence-corrected chi connectivity index (χ2v) is 5.49. The fraction of sp³-hybridized carbons (Fsp3) is 0.417. The molecule has 1 saturated heterocycles. The molecule has 4 heteroatoms. The van der Waals surface area contributed by atoms with Crippen LogP contribution < -0.4 is 5.73 Å². The van der Waals surface area contributed by atoms with Gasteiger partial charge < -0.3 is 10.6 Å². The number of nitrogens with two attached hydrogens (primary N) is 1. The molecule has 0 bridgehead atoms. The molecule has 2 unspecified atom stereocenters. The molecular formula is C12H15IN2O. The Morgan fingerprint density at radius 2 is 2.12 bits per heavy atom. The van der Waals surface area contributed by atoms with E-state index in [0.717, 1.165) is 15.7 Å². The minimum atomic E-state index is 0.102. The predicted octanol–water partition coefficient (Wildman–Crippen LogP) is 1.71. The van der Waals surface area contributed by atoms with Gasteiger partial charge in [-0.15, -0.1) is 0 Å². The second kappa shape index (κ2) is 4.71. The minimum Gasteiger partial charge on any atom is -0.337 e. The Balaban J connectivity index is 2.18. The number of hydrogen-bond acceptors (Lipinski definition) is 2. The Morgan fingerprint density at radius 1 is 1.44 bits per heavy atom. The number of halogens is 1. The van der Waals surface area contributed by atoms with Crippen molar-refractivity contribution in [3.05, 3.63) is 33.4 Å². The molecule has 1 aromatic rings. The summed E-state index contributed by atoms with van der Waals surface area (Å²) in [6, 6.07) is 7.78. The van der Waals surface area contributed by atoms with E-state index in [9.17, 15) is 4.79 Å². The SMILES string of the molecule is CC1CN(C(=O)c2ccccc2I)CC1N. The van der Waals surface area contributed by atoms with Gasteiger partial charge in [-0.2, -0.15) is 0 Å². The molecule has 1 aliphatic heterocycles. The maximum absolute atomic E-state index is 12.2. The number of hydrogen-bond donors (Lipinski definition) is 1. The van der Waals surface area contributed by atoms with E-state index in [1.807, 2.05) is 29.2 Å². The number of amides is 1. The molecule has 1 aliphatic rings. The average molecular weight is 330 g/mol. The number of nitrogens with zero attached hydrogens (tertiary/aromatic N) is 1. The Bertz CT molecular complexity index is 398. The second-order valence-electron chi connectivity index (χ2n) is 4.33. The third kappa shape index (κ3) is 2.22. The van der Waals surface area contributed by atoms with Gasteiger partial charge >= 0.3 is 0 Å². The molecule has 1 aromatic carbocycles. The summed E-state index contributed by atoms with van der Waals surface area (Å²) in [4.78, 5) is 14.1. The van der Waals surface area contributed by atoms with Crippen LogP contribution in [0.2, 0.25) is 0 Å². The smallest absolute Gasteiger partial charge is 0.254 e. The lowest BCUT2D eigenvalue weighted by Gasteiger charge is -2.16. The minimum absolute atomic E-state index is 0.102. The highest BCUT2D eigenvalue weighted by Gasteiger charge is 2.30. The Morgan fingerprint density at radius 3 is 2.69 bits per heavy atom. The summed E-state index contributed by atoms with van der Waals surface area (Å²) in [6.07, 6.45) is 0. The summed E-state index contributed by atoms with van der Waals surface area (Å²) < 4.78 is 0.998. The summed E-state index contributed by atoms with van der Waals surface area (Å²) in [6.45, 7) is 3.53. The van der Waals surface area contributed by atoms with Crippen molar-refractivity contribution in [2.24, 2.45) is 11.7 Å². The van der Waals surface area contributed by atoms with E-state index in [1.165, 1.54) is 0 Å². The van der Waals surface area contributed by atoms with Gasteiger partial charge in [-0.1, -0.05) is 19.1 Å². The number of rotatable bonds is 1. The predicted molar refractivity (Wildman–Crippen MR) is 72.2 cm³/mol. The summed E-state index contributed by atoms with van der Waals surface area (Å²) in [7, 11) is 0. The fourth-order valence-electron chi connectivity index (χ4n) is 1.96. The Labute approximate surface area is 109 Å². The van der Waals surface area contributed by atoms with Gasteiger partial charge in [0, 0.05) is 22.7 Å². The normalized spacial score (nSPS) is 24.8. The van der Waals surface area contributed by atoms with Crippen LogP contribution in [0.15, 0.2) is 24.3 Å². The molecule has 0 aromatic heterocycles. The summed E-state index contributed by atoms with van der Waals surface area (Å²) in [5, 5.41) is 0. The van der Waals surface area contributed by atoms with Crippen molar-refractivity contribution < 1.29 is 4.79 Å². The first-order valence-electron chi connectivity index (χ1n) is 5.39. The van der Waals surface area contributed by atoms with Crippen molar-refractivity contribution in [3.8, 4) is 0 Å². The van der Waals surface area contributed by atoms with Crippen molar-refractivity contribution in [1.29, 1.82) is 0 Å². The van der Waals surface area contributed by atoms with E-state index in [-0.39, 0.29) is 11.9 Å². The molecule has 3 nitrogen and oxygen atoms in total. The Kier molecular flexibility index (Phi) is 3.49. The van der Waals surface area contributed by atoms with Crippen LogP contribution in [-0.2, 0) is 0 Å². The van der Waals surface area contributed by atoms with Gasteiger partial charge in [0.25, 0.3) is 5.91 Å². The number of benzene rings is 1. The van der Waals surface area contributed by atoms with Crippen LogP contribution in [0.5, 0.6) is 0 Å². The Hall–Kier alpha value is -0.620. The van der Waals surface area contributed by atoms with Gasteiger partial charge in [0.15, 0.2) is 0 Å². The van der Waals surface area contributed by atoms with Crippen molar-refractivity contribution in [2.45, 2.75) is 13.0 Å². The molecule has 2 N–H and O–H groups in total. The van der Waals surface area contributed by atoms with Crippen molar-refractivity contribution in [3.63, 3.8) is 0 Å². The standard InChI is InChI=1S/C12H15IN2O/c1-8-6-15(7-11(8)14)12(16)9-4-2-3-5-10(9)13/h2-5,8,11H,6-7,14H2,1H3. The summed E-state index contributed by atoms with van der Waals surface area (Å²) in [5.41, 5.74) is 6.71. The number of carbonyl (C=O) groups is 1. The topological polar surface area (TPSA) is 46.3 Å². The van der Waals surface area contributed by atoms with Crippen LogP contribution in [0.3, 0.4) is 0 Å². The molecule has 0 radical (unpaired) electrons. The average Bonchev–Trinajstić information content (AvgIpc) is 2.59. The first kappa shape index (κ1) is 11.9. The highest BCUT2D eigenvalue weighted by atomic mass is 127. The van der Waals surface area contributed by atoms with Gasteiger partial charge in [-0.3, -0.25) is 4.79 Å². The lowest BCUT2D eigenvalue weighted by atomic mass is 10.1. The number of likely N-dealkylation sites (tertiary alicyclic amines) is 1. The molecule has 2 atom stereocenters. The lowest BCUT2D eigenvalue weighted by molar-refractivity contribution is 0.0786. The van der Waals surface area contributed by atoms with Gasteiger partial charge in [-0.05, 0) is 40.6 Å². The molecule has 0 spiro atoms. The van der Waals surface area contributed by atoms with Crippen LogP contribution in [0.1, 0.15) is 17.3 Å². The van der Waals surface area contributed by atoms with Crippen molar-refractivity contribution in [2.75, 3.05) is 13.1 Å². The zero-order valence-corrected chi connectivity index (χ0v) is 11.3. The van der Waals surface area contributed by atoms with Gasteiger partial charge in [0.1, 0.15) is 0 Å². The van der Waals surface area contributed by atoms with E-state index in [2.05, 4.69) is 29.5 Å². The van der Waals surface area contributed by atoms with E-state index < -0.39 is 0 Å². The third-order valence-corrected chi connectivity index (χ3v) is 4.00. The summed E-state index contributed by atoms with van der Waals surface area (Å²) >= 11 is 2.19. The monoisotopic (exact) mass is 330 g/mol. The maximum Gasteiger partial charge on any atom is 0.254 e. The first-order valence-corrected chi connectivity index (χ1v) is 6.47. The highest BCUT2D eigenvalue weighted by molar-refractivity contribution is 14.1. The van der Waals surface area contributed by atoms with Crippen LogP contribution in [0.25, 0.3) is 0 Å². The van der Waals surface area contributed by atoms with Crippen molar-refractivity contribution in [1.82, 2.24) is 4.90 Å². The van der Waals surface area contributed by atoms with E-state index in [4.69, 9.17) is 5.73 Å². The van der Waals surface area contributed by atoms with E-state index in [0.29, 0.717) is 12.5 Å². The van der Waals surface area contributed by atoms with Crippen LogP contribution in [0, 0.1) is 9.49 Å². The molecule has 1 fully saturated rings. The van der Waals surface area contributed by atoms with E-state index >= 15 is 0 Å². The highest BCUT2D eigenvalue weighted by Crippen LogP contribution is 2.20. The molecular weight excluding hydrogens is 315 g/mol. The molecule has 2 rings (SSSR count). The molecule has 1 heterocycles.